The van der Waals surface area contributed by atoms with E-state index in [2.05, 4.69) is 12.2 Å². The van der Waals surface area contributed by atoms with Crippen molar-refractivity contribution in [3.8, 4) is 0 Å². The first-order valence-corrected chi connectivity index (χ1v) is 18.3. The number of unbranched alkanes of at least 4 members (excludes halogenated alkanes) is 18. The van der Waals surface area contributed by atoms with Crippen LogP contribution in [0.15, 0.2) is 29.2 Å². The zero-order valence-corrected chi connectivity index (χ0v) is 27.2. The number of carbonyl (C=O) groups is 1. The van der Waals surface area contributed by atoms with E-state index in [1.807, 2.05) is 13.8 Å². The van der Waals surface area contributed by atoms with E-state index in [0.29, 0.717) is 25.2 Å². The topological polar surface area (TPSA) is 66.5 Å². The second kappa shape index (κ2) is 24.2. The third-order valence-electron chi connectivity index (χ3n) is 7.73. The second-order valence-corrected chi connectivity index (χ2v) is 13.5. The zero-order chi connectivity index (χ0) is 29.3. The largest absolute Gasteiger partial charge is 0.326 e. The fraction of sp³-hybridized carbons (Fsp3) is 0.794. The molecule has 0 radical (unpaired) electrons. The van der Waals surface area contributed by atoms with E-state index in [4.69, 9.17) is 0 Å². The molecule has 1 aromatic rings. The molecule has 0 aliphatic heterocycles. The maximum atomic E-state index is 12.9. The van der Waals surface area contributed by atoms with Crippen LogP contribution in [-0.2, 0) is 14.8 Å². The van der Waals surface area contributed by atoms with Crippen LogP contribution < -0.4 is 5.32 Å². The number of carbonyl (C=O) groups excluding carboxylic acids is 1. The molecule has 40 heavy (non-hydrogen) atoms. The number of benzene rings is 1. The van der Waals surface area contributed by atoms with Crippen LogP contribution in [0.25, 0.3) is 0 Å². The molecule has 6 heteroatoms. The average molecular weight is 579 g/mol. The van der Waals surface area contributed by atoms with Crippen molar-refractivity contribution in [2.75, 3.05) is 18.4 Å². The molecule has 1 rings (SSSR count). The summed E-state index contributed by atoms with van der Waals surface area (Å²) in [5.41, 5.74) is 0.652. The molecule has 5 nitrogen and oxygen atoms in total. The Bertz CT molecular complexity index is 833. The van der Waals surface area contributed by atoms with Crippen molar-refractivity contribution < 1.29 is 13.2 Å². The predicted molar refractivity (Wildman–Crippen MR) is 172 cm³/mol. The smallest absolute Gasteiger partial charge is 0.243 e. The lowest BCUT2D eigenvalue weighted by atomic mass is 10.0. The van der Waals surface area contributed by atoms with Crippen molar-refractivity contribution in [1.82, 2.24) is 4.31 Å². The van der Waals surface area contributed by atoms with Crippen LogP contribution in [0.2, 0.25) is 0 Å². The maximum absolute atomic E-state index is 12.9. The summed E-state index contributed by atoms with van der Waals surface area (Å²) in [7, 11) is -3.49. The summed E-state index contributed by atoms with van der Waals surface area (Å²) in [4.78, 5) is 12.6. The van der Waals surface area contributed by atoms with Gasteiger partial charge in [0.15, 0.2) is 0 Å². The van der Waals surface area contributed by atoms with Gasteiger partial charge in [-0.3, -0.25) is 4.79 Å². The third kappa shape index (κ3) is 17.4. The highest BCUT2D eigenvalue weighted by Gasteiger charge is 2.22. The van der Waals surface area contributed by atoms with Crippen molar-refractivity contribution >= 4 is 21.6 Å². The zero-order valence-electron chi connectivity index (χ0n) is 26.4. The van der Waals surface area contributed by atoms with Gasteiger partial charge in [-0.05, 0) is 43.5 Å². The average Bonchev–Trinajstić information content (AvgIpc) is 2.94. The van der Waals surface area contributed by atoms with Gasteiger partial charge in [-0.25, -0.2) is 8.42 Å². The van der Waals surface area contributed by atoms with Crippen LogP contribution in [-0.4, -0.2) is 31.7 Å². The van der Waals surface area contributed by atoms with Gasteiger partial charge in [0, 0.05) is 25.2 Å². The monoisotopic (exact) mass is 578 g/mol. The van der Waals surface area contributed by atoms with E-state index in [9.17, 15) is 13.2 Å². The van der Waals surface area contributed by atoms with Crippen molar-refractivity contribution in [2.45, 2.75) is 167 Å². The normalized spacial score (nSPS) is 11.8. The van der Waals surface area contributed by atoms with Crippen molar-refractivity contribution in [2.24, 2.45) is 0 Å². The molecule has 1 N–H and O–H groups in total. The standard InChI is InChI=1S/C34H62N2O3S/c1-4-7-8-9-10-11-12-13-14-15-16-17-18-19-20-21-22-23-24-25-34(37)35-32-26-28-33(29-27-32)40(38,39)36(30-5-2)31-6-3/h26-29H,4-25,30-31H2,1-3H3,(H,35,37). The van der Waals surface area contributed by atoms with Crippen molar-refractivity contribution in [3.05, 3.63) is 24.3 Å². The van der Waals surface area contributed by atoms with Gasteiger partial charge < -0.3 is 5.32 Å². The van der Waals surface area contributed by atoms with E-state index in [-0.39, 0.29) is 10.8 Å². The lowest BCUT2D eigenvalue weighted by molar-refractivity contribution is -0.116. The van der Waals surface area contributed by atoms with Crippen LogP contribution in [0.1, 0.15) is 162 Å². The van der Waals surface area contributed by atoms with Gasteiger partial charge >= 0.3 is 0 Å². The Labute approximate surface area is 248 Å². The Balaban J connectivity index is 2.02. The second-order valence-electron chi connectivity index (χ2n) is 11.6. The van der Waals surface area contributed by atoms with Crippen molar-refractivity contribution in [1.29, 1.82) is 0 Å². The molecule has 1 amide bonds. The number of anilines is 1. The number of rotatable bonds is 27. The molecular formula is C34H62N2O3S. The first-order valence-electron chi connectivity index (χ1n) is 16.9. The first-order chi connectivity index (χ1) is 19.5. The van der Waals surface area contributed by atoms with Crippen molar-refractivity contribution in [3.63, 3.8) is 0 Å². The minimum atomic E-state index is -3.49. The summed E-state index contributed by atoms with van der Waals surface area (Å²) in [6.45, 7) is 7.29. The molecule has 0 saturated heterocycles. The Morgan fingerprint density at radius 3 is 1.32 bits per heavy atom. The number of nitrogens with one attached hydrogen (secondary N) is 1. The quantitative estimate of drug-likeness (QED) is 0.106. The van der Waals surface area contributed by atoms with E-state index in [0.717, 1.165) is 25.7 Å². The summed E-state index contributed by atoms with van der Waals surface area (Å²) < 4.78 is 27.3. The Morgan fingerprint density at radius 2 is 0.950 bits per heavy atom. The predicted octanol–water partition coefficient (Wildman–Crippen LogP) is 10.3. The minimum Gasteiger partial charge on any atom is -0.326 e. The van der Waals surface area contributed by atoms with E-state index in [1.54, 1.807) is 28.6 Å². The minimum absolute atomic E-state index is 0.00109. The number of nitrogens with zero attached hydrogens (tertiary/aromatic N) is 1. The summed E-state index contributed by atoms with van der Waals surface area (Å²) in [6, 6.07) is 6.58. The first kappa shape index (κ1) is 36.6. The van der Waals surface area contributed by atoms with Gasteiger partial charge in [0.05, 0.1) is 4.90 Å². The molecule has 0 unspecified atom stereocenters. The summed E-state index contributed by atoms with van der Waals surface area (Å²) in [6.07, 6.45) is 27.6. The number of hydrogen-bond donors (Lipinski definition) is 1. The molecule has 0 saturated carbocycles. The molecule has 0 aliphatic rings. The highest BCUT2D eigenvalue weighted by atomic mass is 32.2. The van der Waals surface area contributed by atoms with E-state index in [1.165, 1.54) is 109 Å². The molecule has 0 spiro atoms. The Hall–Kier alpha value is -1.40. The van der Waals surface area contributed by atoms with E-state index >= 15 is 0 Å². The molecule has 0 aliphatic carbocycles. The summed E-state index contributed by atoms with van der Waals surface area (Å²) in [5.74, 6) is 0.00109. The molecule has 0 bridgehead atoms. The lowest BCUT2D eigenvalue weighted by Gasteiger charge is -2.21. The van der Waals surface area contributed by atoms with Gasteiger partial charge in [-0.1, -0.05) is 136 Å². The number of amides is 1. The molecule has 0 fully saturated rings. The summed E-state index contributed by atoms with van der Waals surface area (Å²) >= 11 is 0. The van der Waals surface area contributed by atoms with Gasteiger partial charge in [0.2, 0.25) is 15.9 Å². The highest BCUT2D eigenvalue weighted by Crippen LogP contribution is 2.20. The maximum Gasteiger partial charge on any atom is 0.243 e. The molecule has 0 atom stereocenters. The number of sulfonamides is 1. The van der Waals surface area contributed by atoms with Crippen LogP contribution in [0, 0.1) is 0 Å². The molecular weight excluding hydrogens is 516 g/mol. The highest BCUT2D eigenvalue weighted by molar-refractivity contribution is 7.89. The van der Waals surface area contributed by atoms with Crippen LogP contribution in [0.3, 0.4) is 0 Å². The lowest BCUT2D eigenvalue weighted by Crippen LogP contribution is -2.32. The SMILES string of the molecule is CCCCCCCCCCCCCCCCCCCCCC(=O)Nc1ccc(S(=O)(=O)N(CCC)CCC)cc1. The van der Waals surface area contributed by atoms with Gasteiger partial charge in [-0.15, -0.1) is 0 Å². The van der Waals surface area contributed by atoms with Crippen LogP contribution in [0.4, 0.5) is 5.69 Å². The molecule has 232 valence electrons. The molecule has 0 aromatic heterocycles. The fourth-order valence-corrected chi connectivity index (χ4v) is 6.92. The molecule has 0 heterocycles. The van der Waals surface area contributed by atoms with Crippen LogP contribution >= 0.6 is 0 Å². The van der Waals surface area contributed by atoms with E-state index < -0.39 is 10.0 Å². The van der Waals surface area contributed by atoms with Gasteiger partial charge in [-0.2, -0.15) is 4.31 Å². The van der Waals surface area contributed by atoms with Gasteiger partial charge in [0.1, 0.15) is 0 Å². The van der Waals surface area contributed by atoms with Crippen LogP contribution in [0.5, 0.6) is 0 Å². The van der Waals surface area contributed by atoms with Gasteiger partial charge in [0.25, 0.3) is 0 Å². The number of hydrogen-bond acceptors (Lipinski definition) is 3. The fourth-order valence-electron chi connectivity index (χ4n) is 5.30. The Kier molecular flexibility index (Phi) is 22.2. The Morgan fingerprint density at radius 1 is 0.575 bits per heavy atom. The summed E-state index contributed by atoms with van der Waals surface area (Å²) in [5, 5.41) is 2.91. The third-order valence-corrected chi connectivity index (χ3v) is 9.64. The molecule has 1 aromatic carbocycles.